The third kappa shape index (κ3) is 5.10. The Bertz CT molecular complexity index is 620. The van der Waals surface area contributed by atoms with Gasteiger partial charge in [0.15, 0.2) is 0 Å². The Balaban J connectivity index is 2.41. The van der Waals surface area contributed by atoms with E-state index in [2.05, 4.69) is 95.3 Å². The predicted molar refractivity (Wildman–Crippen MR) is 118 cm³/mol. The van der Waals surface area contributed by atoms with Crippen molar-refractivity contribution in [1.29, 1.82) is 0 Å². The van der Waals surface area contributed by atoms with Crippen LogP contribution < -0.4 is 10.4 Å². The molecule has 2 nitrogen and oxygen atoms in total. The van der Waals surface area contributed by atoms with E-state index in [1.54, 1.807) is 0 Å². The fourth-order valence-electron chi connectivity index (χ4n) is 4.04. The Labute approximate surface area is 166 Å². The van der Waals surface area contributed by atoms with E-state index in [1.165, 1.54) is 10.4 Å². The molecule has 2 aromatic rings. The summed E-state index contributed by atoms with van der Waals surface area (Å²) in [5.74, 6) is 0.784. The van der Waals surface area contributed by atoms with E-state index in [9.17, 15) is 5.11 Å². The molecule has 0 aliphatic rings. The van der Waals surface area contributed by atoms with Crippen molar-refractivity contribution in [2.75, 3.05) is 13.2 Å². The van der Waals surface area contributed by atoms with Gasteiger partial charge < -0.3 is 9.53 Å². The maximum atomic E-state index is 9.56. The summed E-state index contributed by atoms with van der Waals surface area (Å²) in [6.45, 7) is 12.3. The Morgan fingerprint density at radius 3 is 1.78 bits per heavy atom. The SMILES string of the molecule is CC[C@@H](CO)C[C@H](C)CO[Si](c1ccccc1)(c1ccccc1)C(C)(C)C. The Morgan fingerprint density at radius 2 is 1.41 bits per heavy atom. The largest absolute Gasteiger partial charge is 0.407 e. The van der Waals surface area contributed by atoms with E-state index in [1.807, 2.05) is 0 Å². The lowest BCUT2D eigenvalue weighted by Gasteiger charge is -2.43. The molecule has 0 unspecified atom stereocenters. The fraction of sp³-hybridized carbons (Fsp3) is 0.500. The number of benzene rings is 2. The first-order valence-electron chi connectivity index (χ1n) is 10.2. The monoisotopic (exact) mass is 384 g/mol. The molecule has 0 bridgehead atoms. The fourth-order valence-corrected chi connectivity index (χ4v) is 8.73. The van der Waals surface area contributed by atoms with E-state index in [4.69, 9.17) is 4.43 Å². The van der Waals surface area contributed by atoms with Crippen LogP contribution in [0.15, 0.2) is 60.7 Å². The average Bonchev–Trinajstić information content (AvgIpc) is 2.67. The lowest BCUT2D eigenvalue weighted by Crippen LogP contribution is -2.66. The predicted octanol–water partition coefficient (Wildman–Crippen LogP) is 4.61. The van der Waals surface area contributed by atoms with E-state index in [0.29, 0.717) is 11.8 Å². The van der Waals surface area contributed by atoms with E-state index >= 15 is 0 Å². The van der Waals surface area contributed by atoms with Crippen molar-refractivity contribution in [2.45, 2.75) is 52.5 Å². The summed E-state index contributed by atoms with van der Waals surface area (Å²) in [6, 6.07) is 21.6. The summed E-state index contributed by atoms with van der Waals surface area (Å²) in [4.78, 5) is 0. The second kappa shape index (κ2) is 9.68. The van der Waals surface area contributed by atoms with Gasteiger partial charge in [0.2, 0.25) is 0 Å². The Kier molecular flexibility index (Phi) is 7.84. The van der Waals surface area contributed by atoms with Gasteiger partial charge in [-0.05, 0) is 33.7 Å². The van der Waals surface area contributed by atoms with E-state index in [-0.39, 0.29) is 11.6 Å². The van der Waals surface area contributed by atoms with Gasteiger partial charge in [-0.2, -0.15) is 0 Å². The summed E-state index contributed by atoms with van der Waals surface area (Å²) in [5, 5.41) is 12.2. The van der Waals surface area contributed by atoms with Crippen LogP contribution in [0.2, 0.25) is 5.04 Å². The van der Waals surface area contributed by atoms with Crippen LogP contribution in [0.25, 0.3) is 0 Å². The number of hydrogen-bond acceptors (Lipinski definition) is 2. The van der Waals surface area contributed by atoms with E-state index < -0.39 is 8.32 Å². The molecule has 0 saturated carbocycles. The zero-order valence-corrected chi connectivity index (χ0v) is 18.6. The minimum atomic E-state index is -2.45. The highest BCUT2D eigenvalue weighted by atomic mass is 28.4. The van der Waals surface area contributed by atoms with Gasteiger partial charge in [-0.15, -0.1) is 0 Å². The summed E-state index contributed by atoms with van der Waals surface area (Å²) >= 11 is 0. The molecule has 0 aliphatic carbocycles. The Morgan fingerprint density at radius 1 is 0.926 bits per heavy atom. The summed E-state index contributed by atoms with van der Waals surface area (Å²) in [7, 11) is -2.45. The standard InChI is InChI=1S/C24H36O2Si/c1-6-21(18-25)17-20(2)19-26-27(24(3,4)5,22-13-9-7-10-14-22)23-15-11-8-12-16-23/h7-16,20-21,25H,6,17-19H2,1-5H3/t20-,21+/m0/s1. The van der Waals surface area contributed by atoms with Gasteiger partial charge in [0.05, 0.1) is 0 Å². The molecule has 0 fully saturated rings. The third-order valence-corrected chi connectivity index (χ3v) is 10.6. The van der Waals surface area contributed by atoms with Crippen LogP contribution in [-0.2, 0) is 4.43 Å². The van der Waals surface area contributed by atoms with Crippen LogP contribution >= 0.6 is 0 Å². The molecule has 3 heteroatoms. The highest BCUT2D eigenvalue weighted by Crippen LogP contribution is 2.37. The Hall–Kier alpha value is -1.42. The van der Waals surface area contributed by atoms with E-state index in [0.717, 1.165) is 19.4 Å². The molecule has 148 valence electrons. The molecule has 0 aliphatic heterocycles. The lowest BCUT2D eigenvalue weighted by atomic mass is 9.95. The highest BCUT2D eigenvalue weighted by Gasteiger charge is 2.50. The highest BCUT2D eigenvalue weighted by molar-refractivity contribution is 6.99. The molecule has 0 radical (unpaired) electrons. The molecule has 2 atom stereocenters. The molecule has 0 spiro atoms. The minimum Gasteiger partial charge on any atom is -0.407 e. The summed E-state index contributed by atoms with van der Waals surface area (Å²) in [5.41, 5.74) is 0. The summed E-state index contributed by atoms with van der Waals surface area (Å²) < 4.78 is 6.98. The van der Waals surface area contributed by atoms with Crippen molar-refractivity contribution < 1.29 is 9.53 Å². The topological polar surface area (TPSA) is 29.5 Å². The van der Waals surface area contributed by atoms with Gasteiger partial charge in [0.25, 0.3) is 8.32 Å². The lowest BCUT2D eigenvalue weighted by molar-refractivity contribution is 0.170. The molecule has 2 rings (SSSR count). The molecule has 2 aromatic carbocycles. The number of hydrogen-bond donors (Lipinski definition) is 1. The van der Waals surface area contributed by atoms with Crippen molar-refractivity contribution in [3.8, 4) is 0 Å². The molecule has 0 aromatic heterocycles. The molecular formula is C24H36O2Si. The van der Waals surface area contributed by atoms with Gasteiger partial charge in [0, 0.05) is 13.2 Å². The van der Waals surface area contributed by atoms with Gasteiger partial charge in [-0.1, -0.05) is 102 Å². The molecular weight excluding hydrogens is 348 g/mol. The number of aliphatic hydroxyl groups excluding tert-OH is 1. The van der Waals surface area contributed by atoms with Gasteiger partial charge in [-0.25, -0.2) is 0 Å². The zero-order chi connectivity index (χ0) is 19.9. The molecule has 1 N–H and O–H groups in total. The second-order valence-corrected chi connectivity index (χ2v) is 13.1. The minimum absolute atomic E-state index is 0.0105. The van der Waals surface area contributed by atoms with Crippen molar-refractivity contribution in [3.05, 3.63) is 60.7 Å². The van der Waals surface area contributed by atoms with Crippen LogP contribution in [0.1, 0.15) is 47.5 Å². The molecule has 27 heavy (non-hydrogen) atoms. The second-order valence-electron chi connectivity index (χ2n) is 8.77. The van der Waals surface area contributed by atoms with Gasteiger partial charge >= 0.3 is 0 Å². The number of aliphatic hydroxyl groups is 1. The quantitative estimate of drug-likeness (QED) is 0.640. The van der Waals surface area contributed by atoms with Crippen LogP contribution in [0, 0.1) is 11.8 Å². The van der Waals surface area contributed by atoms with Crippen molar-refractivity contribution >= 4 is 18.7 Å². The zero-order valence-electron chi connectivity index (χ0n) is 17.6. The van der Waals surface area contributed by atoms with Crippen LogP contribution in [-0.4, -0.2) is 26.6 Å². The molecule has 0 saturated heterocycles. The summed E-state index contributed by atoms with van der Waals surface area (Å²) in [6.07, 6.45) is 2.02. The van der Waals surface area contributed by atoms with Crippen molar-refractivity contribution in [3.63, 3.8) is 0 Å². The first-order chi connectivity index (χ1) is 12.8. The average molecular weight is 385 g/mol. The molecule has 0 amide bonds. The third-order valence-electron chi connectivity index (χ3n) is 5.57. The van der Waals surface area contributed by atoms with Crippen LogP contribution in [0.4, 0.5) is 0 Å². The maximum Gasteiger partial charge on any atom is 0.261 e. The first kappa shape index (κ1) is 21.9. The number of rotatable bonds is 9. The molecule has 0 heterocycles. The van der Waals surface area contributed by atoms with Crippen molar-refractivity contribution in [2.24, 2.45) is 11.8 Å². The van der Waals surface area contributed by atoms with Gasteiger partial charge in [-0.3, -0.25) is 0 Å². The smallest absolute Gasteiger partial charge is 0.261 e. The first-order valence-corrected chi connectivity index (χ1v) is 12.1. The maximum absolute atomic E-state index is 9.56. The van der Waals surface area contributed by atoms with Crippen LogP contribution in [0.5, 0.6) is 0 Å². The van der Waals surface area contributed by atoms with Crippen molar-refractivity contribution in [1.82, 2.24) is 0 Å². The van der Waals surface area contributed by atoms with Gasteiger partial charge in [0.1, 0.15) is 0 Å². The normalized spacial score (nSPS) is 14.7. The van der Waals surface area contributed by atoms with Crippen LogP contribution in [0.3, 0.4) is 0 Å².